The van der Waals surface area contributed by atoms with Crippen LogP contribution in [0.25, 0.3) is 10.2 Å². The van der Waals surface area contributed by atoms with Crippen LogP contribution in [0, 0.1) is 5.92 Å². The van der Waals surface area contributed by atoms with Gasteiger partial charge in [-0.25, -0.2) is 18.8 Å². The predicted molar refractivity (Wildman–Crippen MR) is 81.2 cm³/mol. The summed E-state index contributed by atoms with van der Waals surface area (Å²) in [7, 11) is -3.30. The highest BCUT2D eigenvalue weighted by atomic mass is 32.2. The number of fused-ring (bicyclic) bond motifs is 1. The van der Waals surface area contributed by atoms with Gasteiger partial charge >= 0.3 is 0 Å². The van der Waals surface area contributed by atoms with E-state index in [1.165, 1.54) is 0 Å². The summed E-state index contributed by atoms with van der Waals surface area (Å²) in [6.45, 7) is 1.94. The lowest BCUT2D eigenvalue weighted by atomic mass is 9.94. The Morgan fingerprint density at radius 3 is 2.81 bits per heavy atom. The Bertz CT molecular complexity index is 868. The number of hydrazone groups is 1. The van der Waals surface area contributed by atoms with Crippen LogP contribution in [-0.2, 0) is 14.6 Å². The van der Waals surface area contributed by atoms with Crippen LogP contribution in [0.5, 0.6) is 0 Å². The minimum atomic E-state index is -3.30. The molecule has 1 unspecified atom stereocenters. The first kappa shape index (κ1) is 14.2. The summed E-state index contributed by atoms with van der Waals surface area (Å²) in [6.07, 6.45) is 1.54. The fourth-order valence-corrected chi connectivity index (χ4v) is 4.04. The second-order valence-corrected chi connectivity index (χ2v) is 8.29. The molecule has 0 saturated carbocycles. The number of carbonyl (C=O) groups is 1. The number of nitrogens with zero attached hydrogens (tertiary/aromatic N) is 2. The lowest BCUT2D eigenvalue weighted by molar-refractivity contribution is -0.121. The summed E-state index contributed by atoms with van der Waals surface area (Å²) in [6, 6.07) is 5.52. The van der Waals surface area contributed by atoms with E-state index in [0.717, 1.165) is 33.6 Å². The Labute approximate surface area is 125 Å². The van der Waals surface area contributed by atoms with Crippen molar-refractivity contribution in [3.8, 4) is 0 Å². The Balaban J connectivity index is 2.07. The largest absolute Gasteiger partial charge is 0.273 e. The monoisotopic (exact) mass is 323 g/mol. The van der Waals surface area contributed by atoms with E-state index < -0.39 is 9.84 Å². The quantitative estimate of drug-likeness (QED) is 0.908. The molecular formula is C13H13N3O3S2. The molecule has 1 atom stereocenters. The lowest BCUT2D eigenvalue weighted by Crippen LogP contribution is -2.31. The van der Waals surface area contributed by atoms with Crippen molar-refractivity contribution >= 4 is 43.0 Å². The summed E-state index contributed by atoms with van der Waals surface area (Å²) in [5, 5.41) is 4.10. The molecule has 1 aliphatic heterocycles. The molecule has 110 valence electrons. The van der Waals surface area contributed by atoms with E-state index in [1.807, 2.05) is 25.1 Å². The van der Waals surface area contributed by atoms with Crippen molar-refractivity contribution in [1.82, 2.24) is 10.4 Å². The Kier molecular flexibility index (Phi) is 3.29. The zero-order valence-corrected chi connectivity index (χ0v) is 13.1. The number of sulfone groups is 1. The third-order valence-electron chi connectivity index (χ3n) is 3.24. The van der Waals surface area contributed by atoms with Crippen LogP contribution in [0.4, 0.5) is 0 Å². The number of benzene rings is 1. The van der Waals surface area contributed by atoms with E-state index in [4.69, 9.17) is 0 Å². The van der Waals surface area contributed by atoms with E-state index in [-0.39, 0.29) is 16.2 Å². The number of amides is 1. The van der Waals surface area contributed by atoms with Crippen molar-refractivity contribution in [2.24, 2.45) is 11.0 Å². The van der Waals surface area contributed by atoms with Crippen molar-refractivity contribution in [3.05, 3.63) is 23.8 Å². The molecule has 6 nitrogen and oxygen atoms in total. The van der Waals surface area contributed by atoms with E-state index in [0.29, 0.717) is 11.9 Å². The van der Waals surface area contributed by atoms with Crippen LogP contribution >= 0.6 is 11.3 Å². The van der Waals surface area contributed by atoms with Gasteiger partial charge in [0.05, 0.1) is 15.9 Å². The van der Waals surface area contributed by atoms with Gasteiger partial charge in [0.25, 0.3) is 0 Å². The maximum Gasteiger partial charge on any atom is 0.240 e. The molecule has 1 amide bonds. The van der Waals surface area contributed by atoms with Gasteiger partial charge in [0.2, 0.25) is 20.1 Å². The number of aromatic nitrogens is 1. The summed E-state index contributed by atoms with van der Waals surface area (Å²) < 4.78 is 24.0. The third kappa shape index (κ3) is 2.68. The van der Waals surface area contributed by atoms with Crippen LogP contribution < -0.4 is 5.43 Å². The summed E-state index contributed by atoms with van der Waals surface area (Å²) in [5.74, 6) is -0.0791. The van der Waals surface area contributed by atoms with Gasteiger partial charge in [0.1, 0.15) is 0 Å². The second kappa shape index (κ2) is 4.88. The van der Waals surface area contributed by atoms with Crippen LogP contribution in [0.2, 0.25) is 0 Å². The third-order valence-corrected chi connectivity index (χ3v) is 5.96. The number of nitrogens with one attached hydrogen (secondary N) is 1. The highest BCUT2D eigenvalue weighted by Crippen LogP contribution is 2.27. The van der Waals surface area contributed by atoms with Gasteiger partial charge in [0.15, 0.2) is 0 Å². The van der Waals surface area contributed by atoms with Crippen LogP contribution in [0.3, 0.4) is 0 Å². The topological polar surface area (TPSA) is 88.5 Å². The Hall–Kier alpha value is -1.80. The average Bonchev–Trinajstić information content (AvgIpc) is 2.81. The van der Waals surface area contributed by atoms with Gasteiger partial charge in [-0.2, -0.15) is 5.10 Å². The molecule has 0 spiro atoms. The highest BCUT2D eigenvalue weighted by Gasteiger charge is 2.22. The van der Waals surface area contributed by atoms with Crippen molar-refractivity contribution in [1.29, 1.82) is 0 Å². The number of hydrogen-bond donors (Lipinski definition) is 1. The summed E-state index contributed by atoms with van der Waals surface area (Å²) in [5.41, 5.74) is 4.73. The van der Waals surface area contributed by atoms with E-state index in [2.05, 4.69) is 15.5 Å². The van der Waals surface area contributed by atoms with Crippen molar-refractivity contribution in [2.75, 3.05) is 6.26 Å². The average molecular weight is 323 g/mol. The lowest BCUT2D eigenvalue weighted by Gasteiger charge is -2.18. The molecule has 8 heteroatoms. The predicted octanol–water partition coefficient (Wildman–Crippen LogP) is 1.56. The normalized spacial score (nSPS) is 19.4. The maximum absolute atomic E-state index is 11.6. The molecule has 1 aromatic carbocycles. The van der Waals surface area contributed by atoms with Gasteiger partial charge in [-0.15, -0.1) is 11.3 Å². The first-order valence-corrected chi connectivity index (χ1v) is 9.03. The van der Waals surface area contributed by atoms with Crippen LogP contribution in [0.1, 0.15) is 18.9 Å². The molecule has 0 saturated heterocycles. The molecular weight excluding hydrogens is 310 g/mol. The fraction of sp³-hybridized carbons (Fsp3) is 0.308. The maximum atomic E-state index is 11.6. The molecule has 21 heavy (non-hydrogen) atoms. The standard InChI is InChI=1S/C13H13N3O3S2/c1-7-5-11(17)15-16-12(7)8-3-4-10-9(6-8)14-13(20-10)21(2,18)19/h3-4,6-7H,5H2,1-2H3,(H,15,17). The molecule has 0 fully saturated rings. The highest BCUT2D eigenvalue weighted by molar-refractivity contribution is 7.92. The minimum Gasteiger partial charge on any atom is -0.273 e. The molecule has 2 heterocycles. The molecule has 1 N–H and O–H groups in total. The molecule has 1 aliphatic rings. The molecule has 1 aromatic heterocycles. The molecule has 3 rings (SSSR count). The van der Waals surface area contributed by atoms with Crippen molar-refractivity contribution in [3.63, 3.8) is 0 Å². The van der Waals surface area contributed by atoms with Gasteiger partial charge in [-0.3, -0.25) is 4.79 Å². The first-order valence-electron chi connectivity index (χ1n) is 6.32. The molecule has 0 radical (unpaired) electrons. The summed E-state index contributed by atoms with van der Waals surface area (Å²) in [4.78, 5) is 15.4. The van der Waals surface area contributed by atoms with Crippen molar-refractivity contribution < 1.29 is 13.2 Å². The van der Waals surface area contributed by atoms with Crippen molar-refractivity contribution in [2.45, 2.75) is 17.7 Å². The van der Waals surface area contributed by atoms with Gasteiger partial charge < -0.3 is 0 Å². The van der Waals surface area contributed by atoms with Gasteiger partial charge in [-0.05, 0) is 12.1 Å². The van der Waals surface area contributed by atoms with E-state index >= 15 is 0 Å². The smallest absolute Gasteiger partial charge is 0.240 e. The zero-order valence-electron chi connectivity index (χ0n) is 11.5. The molecule has 0 aliphatic carbocycles. The number of hydrogen-bond acceptors (Lipinski definition) is 6. The molecule has 2 aromatic rings. The number of rotatable bonds is 2. The van der Waals surface area contributed by atoms with E-state index in [9.17, 15) is 13.2 Å². The number of carbonyl (C=O) groups excluding carboxylic acids is 1. The molecule has 0 bridgehead atoms. The van der Waals surface area contributed by atoms with E-state index in [1.54, 1.807) is 0 Å². The van der Waals surface area contributed by atoms with Crippen LogP contribution in [0.15, 0.2) is 27.6 Å². The number of thiazole rings is 1. The van der Waals surface area contributed by atoms with Crippen LogP contribution in [-0.4, -0.2) is 31.3 Å². The second-order valence-electron chi connectivity index (χ2n) is 5.07. The summed E-state index contributed by atoms with van der Waals surface area (Å²) >= 11 is 1.15. The fourth-order valence-electron chi connectivity index (χ4n) is 2.23. The zero-order chi connectivity index (χ0) is 15.2. The van der Waals surface area contributed by atoms with Gasteiger partial charge in [0, 0.05) is 24.2 Å². The van der Waals surface area contributed by atoms with Gasteiger partial charge in [-0.1, -0.05) is 13.0 Å². The SMILES string of the molecule is CC1CC(=O)NN=C1c1ccc2sc(S(C)(=O)=O)nc2c1. The minimum absolute atomic E-state index is 0.0178. The first-order chi connectivity index (χ1) is 9.84. The Morgan fingerprint density at radius 2 is 2.14 bits per heavy atom. The Morgan fingerprint density at radius 1 is 1.38 bits per heavy atom.